The van der Waals surface area contributed by atoms with E-state index in [-0.39, 0.29) is 0 Å². The minimum atomic E-state index is 0.625. The molecule has 20 heavy (non-hydrogen) atoms. The van der Waals surface area contributed by atoms with Crippen LogP contribution in [0.4, 0.5) is 0 Å². The van der Waals surface area contributed by atoms with Crippen LogP contribution in [-0.4, -0.2) is 13.1 Å². The molecule has 1 nitrogen and oxygen atoms in total. The Bertz CT molecular complexity index is 346. The standard InChI is InChI=1S/C19H33N/c1-4-19(5-2)16(9-17(19)20-3)18-10-13-6-14(11-18)8-15(7-13)12-18/h13-17,20H,4-12H2,1-3H3. The molecule has 0 saturated heterocycles. The summed E-state index contributed by atoms with van der Waals surface area (Å²) in [6.07, 6.45) is 13.8. The number of nitrogens with one attached hydrogen (secondary N) is 1. The zero-order valence-electron chi connectivity index (χ0n) is 13.8. The molecule has 5 saturated carbocycles. The molecule has 0 aromatic rings. The van der Waals surface area contributed by atoms with Crippen LogP contribution in [0.1, 0.15) is 71.6 Å². The van der Waals surface area contributed by atoms with Crippen molar-refractivity contribution in [3.05, 3.63) is 0 Å². The van der Waals surface area contributed by atoms with Crippen LogP contribution in [0.25, 0.3) is 0 Å². The molecule has 1 heteroatoms. The van der Waals surface area contributed by atoms with E-state index in [1.165, 1.54) is 19.3 Å². The third-order valence-corrected chi connectivity index (χ3v) is 8.35. The lowest BCUT2D eigenvalue weighted by atomic mass is 9.37. The van der Waals surface area contributed by atoms with E-state index in [0.717, 1.165) is 35.1 Å². The van der Waals surface area contributed by atoms with E-state index in [9.17, 15) is 0 Å². The van der Waals surface area contributed by atoms with Gasteiger partial charge in [-0.2, -0.15) is 0 Å². The zero-order chi connectivity index (χ0) is 14.0. The number of rotatable bonds is 4. The first-order chi connectivity index (χ1) is 9.65. The highest BCUT2D eigenvalue weighted by molar-refractivity contribution is 5.15. The van der Waals surface area contributed by atoms with Gasteiger partial charge in [-0.25, -0.2) is 0 Å². The molecule has 2 unspecified atom stereocenters. The maximum atomic E-state index is 3.66. The van der Waals surface area contributed by atoms with Gasteiger partial charge >= 0.3 is 0 Å². The van der Waals surface area contributed by atoms with E-state index in [1.807, 2.05) is 0 Å². The van der Waals surface area contributed by atoms with E-state index in [4.69, 9.17) is 0 Å². The Morgan fingerprint density at radius 3 is 1.75 bits per heavy atom. The van der Waals surface area contributed by atoms with Gasteiger partial charge in [-0.05, 0) is 99.3 Å². The molecule has 5 aliphatic rings. The van der Waals surface area contributed by atoms with Crippen LogP contribution in [0.5, 0.6) is 0 Å². The molecule has 2 atom stereocenters. The van der Waals surface area contributed by atoms with Crippen molar-refractivity contribution in [1.29, 1.82) is 0 Å². The fraction of sp³-hybridized carbons (Fsp3) is 1.00. The van der Waals surface area contributed by atoms with Gasteiger partial charge in [0.15, 0.2) is 0 Å². The Labute approximate surface area is 125 Å². The van der Waals surface area contributed by atoms with Crippen LogP contribution in [0.2, 0.25) is 0 Å². The lowest BCUT2D eigenvalue weighted by Crippen LogP contribution is -2.66. The first-order valence-electron chi connectivity index (χ1n) is 9.33. The van der Waals surface area contributed by atoms with E-state index in [0.29, 0.717) is 5.41 Å². The molecule has 5 aliphatic carbocycles. The molecule has 0 heterocycles. The van der Waals surface area contributed by atoms with Gasteiger partial charge in [0.1, 0.15) is 0 Å². The van der Waals surface area contributed by atoms with Gasteiger partial charge in [0, 0.05) is 6.04 Å². The summed E-state index contributed by atoms with van der Waals surface area (Å²) in [6.45, 7) is 4.92. The average molecular weight is 275 g/mol. The largest absolute Gasteiger partial charge is 0.316 e. The van der Waals surface area contributed by atoms with Gasteiger partial charge in [0.05, 0.1) is 0 Å². The second kappa shape index (κ2) is 4.48. The van der Waals surface area contributed by atoms with E-state index in [2.05, 4.69) is 26.2 Å². The van der Waals surface area contributed by atoms with E-state index < -0.39 is 0 Å². The SMILES string of the molecule is CCC1(CC)C(NC)CC1C12CC3CC(CC(C3)C1)C2. The molecule has 5 fully saturated rings. The average Bonchev–Trinajstić information content (AvgIpc) is 2.38. The predicted octanol–water partition coefficient (Wildman–Crippen LogP) is 4.62. The molecule has 4 bridgehead atoms. The number of hydrogen-bond acceptors (Lipinski definition) is 1. The molecule has 114 valence electrons. The van der Waals surface area contributed by atoms with Gasteiger partial charge < -0.3 is 5.32 Å². The minimum absolute atomic E-state index is 0.625. The van der Waals surface area contributed by atoms with Gasteiger partial charge in [0.25, 0.3) is 0 Å². The Balaban J connectivity index is 1.64. The lowest BCUT2D eigenvalue weighted by molar-refractivity contribution is -0.179. The van der Waals surface area contributed by atoms with Crippen LogP contribution in [0, 0.1) is 34.5 Å². The molecule has 0 aromatic heterocycles. The summed E-state index contributed by atoms with van der Waals surface area (Å²) in [7, 11) is 2.20. The monoisotopic (exact) mass is 275 g/mol. The molecule has 0 spiro atoms. The third kappa shape index (κ3) is 1.59. The van der Waals surface area contributed by atoms with Crippen molar-refractivity contribution in [2.24, 2.45) is 34.5 Å². The van der Waals surface area contributed by atoms with Crippen molar-refractivity contribution in [2.45, 2.75) is 77.7 Å². The second-order valence-corrected chi connectivity index (χ2v) is 8.85. The third-order valence-electron chi connectivity index (χ3n) is 8.35. The van der Waals surface area contributed by atoms with Gasteiger partial charge in [0.2, 0.25) is 0 Å². The maximum Gasteiger partial charge on any atom is 0.0126 e. The molecule has 5 rings (SSSR count). The fourth-order valence-electron chi connectivity index (χ4n) is 7.89. The fourth-order valence-corrected chi connectivity index (χ4v) is 7.89. The molecule has 0 radical (unpaired) electrons. The van der Waals surface area contributed by atoms with Crippen LogP contribution in [0.15, 0.2) is 0 Å². The first kappa shape index (κ1) is 13.6. The molecular weight excluding hydrogens is 242 g/mol. The summed E-state index contributed by atoms with van der Waals surface area (Å²) in [6, 6.07) is 0.801. The predicted molar refractivity (Wildman–Crippen MR) is 84.6 cm³/mol. The minimum Gasteiger partial charge on any atom is -0.316 e. The summed E-state index contributed by atoms with van der Waals surface area (Å²) in [5.74, 6) is 4.37. The Hall–Kier alpha value is -0.0400. The highest BCUT2D eigenvalue weighted by atomic mass is 14.9. The Kier molecular flexibility index (Phi) is 3.05. The van der Waals surface area contributed by atoms with Crippen molar-refractivity contribution >= 4 is 0 Å². The molecule has 0 aromatic carbocycles. The first-order valence-corrected chi connectivity index (χ1v) is 9.33. The van der Waals surface area contributed by atoms with Gasteiger partial charge in [-0.3, -0.25) is 0 Å². The summed E-state index contributed by atoms with van der Waals surface area (Å²) < 4.78 is 0. The summed E-state index contributed by atoms with van der Waals surface area (Å²) in [4.78, 5) is 0. The molecule has 0 amide bonds. The van der Waals surface area contributed by atoms with Crippen LogP contribution in [0.3, 0.4) is 0 Å². The van der Waals surface area contributed by atoms with Crippen molar-refractivity contribution in [2.75, 3.05) is 7.05 Å². The summed E-state index contributed by atoms with van der Waals surface area (Å²) in [5.41, 5.74) is 1.40. The van der Waals surface area contributed by atoms with Crippen molar-refractivity contribution < 1.29 is 0 Å². The maximum absolute atomic E-state index is 3.66. The smallest absolute Gasteiger partial charge is 0.0126 e. The molecule has 0 aliphatic heterocycles. The Morgan fingerprint density at radius 1 is 0.850 bits per heavy atom. The van der Waals surface area contributed by atoms with Crippen molar-refractivity contribution in [3.8, 4) is 0 Å². The van der Waals surface area contributed by atoms with Gasteiger partial charge in [-0.15, -0.1) is 0 Å². The highest BCUT2D eigenvalue weighted by Gasteiger charge is 2.64. The zero-order valence-corrected chi connectivity index (χ0v) is 13.8. The van der Waals surface area contributed by atoms with Crippen LogP contribution in [-0.2, 0) is 0 Å². The number of hydrogen-bond donors (Lipinski definition) is 1. The summed E-state index contributed by atoms with van der Waals surface area (Å²) >= 11 is 0. The molecular formula is C19H33N. The van der Waals surface area contributed by atoms with E-state index >= 15 is 0 Å². The quantitative estimate of drug-likeness (QED) is 0.789. The highest BCUT2D eigenvalue weighted by Crippen LogP contribution is 2.70. The van der Waals surface area contributed by atoms with E-state index in [1.54, 1.807) is 38.5 Å². The second-order valence-electron chi connectivity index (χ2n) is 8.85. The van der Waals surface area contributed by atoms with Crippen molar-refractivity contribution in [1.82, 2.24) is 5.32 Å². The topological polar surface area (TPSA) is 12.0 Å². The van der Waals surface area contributed by atoms with Crippen molar-refractivity contribution in [3.63, 3.8) is 0 Å². The van der Waals surface area contributed by atoms with Crippen LogP contribution < -0.4 is 5.32 Å². The van der Waals surface area contributed by atoms with Gasteiger partial charge in [-0.1, -0.05) is 13.8 Å². The Morgan fingerprint density at radius 2 is 1.35 bits per heavy atom. The lowest BCUT2D eigenvalue weighted by Gasteiger charge is -2.69. The van der Waals surface area contributed by atoms with Crippen LogP contribution >= 0.6 is 0 Å². The summed E-state index contributed by atoms with van der Waals surface area (Å²) in [5, 5.41) is 3.66. The molecule has 1 N–H and O–H groups in total. The normalized spacial score (nSPS) is 52.0.